The molecule has 0 aromatic carbocycles. The Balaban J connectivity index is 1.88. The van der Waals surface area contributed by atoms with E-state index in [0.717, 1.165) is 46.6 Å². The first-order valence-electron chi connectivity index (χ1n) is 9.71. The number of amides is 1. The van der Waals surface area contributed by atoms with Crippen LogP contribution in [0.5, 0.6) is 0 Å². The fourth-order valence-corrected chi connectivity index (χ4v) is 4.65. The molecule has 6 heteroatoms. The molecule has 0 saturated carbocycles. The van der Waals surface area contributed by atoms with E-state index in [1.165, 1.54) is 11.3 Å². The molecular weight excluding hydrogens is 356 g/mol. The van der Waals surface area contributed by atoms with Crippen LogP contribution in [0.15, 0.2) is 24.4 Å². The summed E-state index contributed by atoms with van der Waals surface area (Å²) in [6, 6.07) is 6.61. The molecular formula is C21H26N4OS. The van der Waals surface area contributed by atoms with Crippen molar-refractivity contribution in [1.82, 2.24) is 19.7 Å². The molecule has 1 fully saturated rings. The van der Waals surface area contributed by atoms with Gasteiger partial charge in [-0.3, -0.25) is 4.79 Å². The van der Waals surface area contributed by atoms with Gasteiger partial charge in [0.2, 0.25) is 0 Å². The minimum Gasteiger partial charge on any atom is -0.336 e. The van der Waals surface area contributed by atoms with Crippen molar-refractivity contribution in [3.8, 4) is 10.6 Å². The van der Waals surface area contributed by atoms with E-state index in [9.17, 15) is 4.79 Å². The number of fused-ring (bicyclic) bond motifs is 1. The highest BCUT2D eigenvalue weighted by molar-refractivity contribution is 7.15. The van der Waals surface area contributed by atoms with Gasteiger partial charge in [0.15, 0.2) is 5.65 Å². The van der Waals surface area contributed by atoms with Crippen LogP contribution in [0.2, 0.25) is 0 Å². The average Bonchev–Trinajstić information content (AvgIpc) is 3.27. The van der Waals surface area contributed by atoms with E-state index < -0.39 is 0 Å². The molecule has 4 rings (SSSR count). The number of pyridine rings is 1. The van der Waals surface area contributed by atoms with Crippen LogP contribution in [-0.2, 0) is 0 Å². The molecule has 0 bridgehead atoms. The lowest BCUT2D eigenvalue weighted by Crippen LogP contribution is -2.42. The largest absolute Gasteiger partial charge is 0.336 e. The van der Waals surface area contributed by atoms with Crippen molar-refractivity contribution in [2.45, 2.75) is 59.0 Å². The predicted molar refractivity (Wildman–Crippen MR) is 110 cm³/mol. The summed E-state index contributed by atoms with van der Waals surface area (Å²) in [5, 5.41) is 5.38. The van der Waals surface area contributed by atoms with Crippen LogP contribution in [0, 0.1) is 6.92 Å². The molecule has 1 aliphatic rings. The van der Waals surface area contributed by atoms with E-state index in [0.29, 0.717) is 0 Å². The molecule has 1 saturated heterocycles. The van der Waals surface area contributed by atoms with Gasteiger partial charge in [-0.1, -0.05) is 0 Å². The molecule has 0 spiro atoms. The Morgan fingerprint density at radius 1 is 1.30 bits per heavy atom. The Morgan fingerprint density at radius 3 is 2.78 bits per heavy atom. The van der Waals surface area contributed by atoms with Gasteiger partial charge in [0, 0.05) is 23.5 Å². The first-order chi connectivity index (χ1) is 13.0. The number of carbonyl (C=O) groups excluding carboxylic acids is 1. The predicted octanol–water partition coefficient (Wildman–Crippen LogP) is 5.06. The van der Waals surface area contributed by atoms with Crippen molar-refractivity contribution >= 4 is 28.3 Å². The van der Waals surface area contributed by atoms with Crippen LogP contribution in [0.1, 0.15) is 61.3 Å². The number of aryl methyl sites for hydroxylation is 1. The summed E-state index contributed by atoms with van der Waals surface area (Å²) in [6.45, 7) is 9.24. The van der Waals surface area contributed by atoms with E-state index in [2.05, 4.69) is 44.9 Å². The third-order valence-corrected chi connectivity index (χ3v) is 6.37. The number of hydrogen-bond donors (Lipinski definition) is 0. The van der Waals surface area contributed by atoms with Gasteiger partial charge in [-0.15, -0.1) is 11.3 Å². The van der Waals surface area contributed by atoms with Crippen LogP contribution in [0.3, 0.4) is 0 Å². The lowest BCUT2D eigenvalue weighted by molar-refractivity contribution is 0.0637. The first kappa shape index (κ1) is 18.2. The van der Waals surface area contributed by atoms with E-state index in [4.69, 9.17) is 4.98 Å². The van der Waals surface area contributed by atoms with Gasteiger partial charge >= 0.3 is 0 Å². The van der Waals surface area contributed by atoms with Gasteiger partial charge < -0.3 is 4.90 Å². The van der Waals surface area contributed by atoms with Crippen molar-refractivity contribution in [2.24, 2.45) is 0 Å². The van der Waals surface area contributed by atoms with Crippen molar-refractivity contribution in [3.05, 3.63) is 34.8 Å². The van der Waals surface area contributed by atoms with E-state index in [-0.39, 0.29) is 18.0 Å². The minimum absolute atomic E-state index is 0.104. The quantitative estimate of drug-likeness (QED) is 0.636. The van der Waals surface area contributed by atoms with Gasteiger partial charge in [-0.2, -0.15) is 5.10 Å². The summed E-state index contributed by atoms with van der Waals surface area (Å²) in [7, 11) is 0. The lowest BCUT2D eigenvalue weighted by atomic mass is 10.0. The molecule has 27 heavy (non-hydrogen) atoms. The summed E-state index contributed by atoms with van der Waals surface area (Å²) in [5.74, 6) is 0.104. The van der Waals surface area contributed by atoms with Gasteiger partial charge in [-0.25, -0.2) is 9.67 Å². The van der Waals surface area contributed by atoms with E-state index in [1.807, 2.05) is 15.6 Å². The van der Waals surface area contributed by atoms with Crippen molar-refractivity contribution in [1.29, 1.82) is 0 Å². The molecule has 5 nitrogen and oxygen atoms in total. The topological polar surface area (TPSA) is 51.0 Å². The standard InChI is InChI=1S/C21H26N4OS/c1-13(2)25-20-17(12-22-25)16(21(26)24-10-6-5-7-14(24)3)11-18(23-20)19-9-8-15(4)27-19/h8-9,11-14H,5-7,10H2,1-4H3. The number of aromatic nitrogens is 3. The number of likely N-dealkylation sites (tertiary alicyclic amines) is 1. The molecule has 0 radical (unpaired) electrons. The SMILES string of the molecule is Cc1ccc(-c2cc(C(=O)N3CCCCC3C)c3cnn(C(C)C)c3n2)s1. The Kier molecular flexibility index (Phi) is 4.76. The normalized spacial score (nSPS) is 17.8. The summed E-state index contributed by atoms with van der Waals surface area (Å²) in [4.78, 5) is 22.7. The fraction of sp³-hybridized carbons (Fsp3) is 0.476. The number of rotatable bonds is 3. The molecule has 0 N–H and O–H groups in total. The molecule has 1 amide bonds. The van der Waals surface area contributed by atoms with Crippen LogP contribution in [0.25, 0.3) is 21.6 Å². The summed E-state index contributed by atoms with van der Waals surface area (Å²) < 4.78 is 1.91. The van der Waals surface area contributed by atoms with E-state index in [1.54, 1.807) is 17.5 Å². The fourth-order valence-electron chi connectivity index (χ4n) is 3.83. The second-order valence-electron chi connectivity index (χ2n) is 7.73. The molecule has 1 atom stereocenters. The maximum atomic E-state index is 13.5. The van der Waals surface area contributed by atoms with Crippen LogP contribution < -0.4 is 0 Å². The Bertz CT molecular complexity index is 987. The molecule has 0 aliphatic carbocycles. The third-order valence-electron chi connectivity index (χ3n) is 5.34. The highest BCUT2D eigenvalue weighted by atomic mass is 32.1. The Hall–Kier alpha value is -2.21. The number of carbonyl (C=O) groups is 1. The molecule has 1 unspecified atom stereocenters. The number of nitrogens with zero attached hydrogens (tertiary/aromatic N) is 4. The summed E-state index contributed by atoms with van der Waals surface area (Å²) >= 11 is 1.71. The molecule has 1 aliphatic heterocycles. The molecule has 4 heterocycles. The Labute approximate surface area is 164 Å². The zero-order valence-corrected chi connectivity index (χ0v) is 17.2. The molecule has 142 valence electrons. The highest BCUT2D eigenvalue weighted by Crippen LogP contribution is 2.32. The number of hydrogen-bond acceptors (Lipinski definition) is 4. The van der Waals surface area contributed by atoms with E-state index >= 15 is 0 Å². The number of thiophene rings is 1. The van der Waals surface area contributed by atoms with Gasteiger partial charge in [-0.05, 0) is 65.2 Å². The third kappa shape index (κ3) is 3.27. The molecule has 3 aromatic rings. The highest BCUT2D eigenvalue weighted by Gasteiger charge is 2.27. The first-order valence-corrected chi connectivity index (χ1v) is 10.5. The van der Waals surface area contributed by atoms with Crippen molar-refractivity contribution in [3.63, 3.8) is 0 Å². The van der Waals surface area contributed by atoms with Crippen LogP contribution >= 0.6 is 11.3 Å². The second kappa shape index (κ2) is 7.08. The summed E-state index contributed by atoms with van der Waals surface area (Å²) in [6.07, 6.45) is 5.14. The monoisotopic (exact) mass is 382 g/mol. The minimum atomic E-state index is 0.104. The van der Waals surface area contributed by atoms with Crippen LogP contribution in [-0.4, -0.2) is 38.2 Å². The maximum Gasteiger partial charge on any atom is 0.254 e. The van der Waals surface area contributed by atoms with Crippen molar-refractivity contribution in [2.75, 3.05) is 6.54 Å². The average molecular weight is 383 g/mol. The van der Waals surface area contributed by atoms with Gasteiger partial charge in [0.25, 0.3) is 5.91 Å². The summed E-state index contributed by atoms with van der Waals surface area (Å²) in [5.41, 5.74) is 2.37. The number of piperidine rings is 1. The smallest absolute Gasteiger partial charge is 0.254 e. The second-order valence-corrected chi connectivity index (χ2v) is 9.02. The molecule has 3 aromatic heterocycles. The van der Waals surface area contributed by atoms with Gasteiger partial charge in [0.1, 0.15) is 0 Å². The van der Waals surface area contributed by atoms with Gasteiger partial charge in [0.05, 0.1) is 27.7 Å². The maximum absolute atomic E-state index is 13.5. The lowest BCUT2D eigenvalue weighted by Gasteiger charge is -2.33. The van der Waals surface area contributed by atoms with Crippen molar-refractivity contribution < 1.29 is 4.79 Å². The Morgan fingerprint density at radius 2 is 2.11 bits per heavy atom. The zero-order valence-electron chi connectivity index (χ0n) is 16.4. The zero-order chi connectivity index (χ0) is 19.1. The van der Waals surface area contributed by atoms with Crippen LogP contribution in [0.4, 0.5) is 0 Å².